The predicted molar refractivity (Wildman–Crippen MR) is 96.6 cm³/mol. The molecule has 1 fully saturated rings. The third kappa shape index (κ3) is 4.86. The second kappa shape index (κ2) is 8.72. The quantitative estimate of drug-likeness (QED) is 0.800. The lowest BCUT2D eigenvalue weighted by atomic mass is 10.1. The summed E-state index contributed by atoms with van der Waals surface area (Å²) in [6.07, 6.45) is 5.33. The van der Waals surface area contributed by atoms with Gasteiger partial charge in [0.15, 0.2) is 0 Å². The number of carbonyl (C=O) groups excluding carboxylic acids is 1. The topological polar surface area (TPSA) is 54.7 Å². The van der Waals surface area contributed by atoms with Crippen LogP contribution < -0.4 is 10.1 Å². The normalized spacial score (nSPS) is 15.9. The van der Waals surface area contributed by atoms with E-state index in [4.69, 9.17) is 9.15 Å². The summed E-state index contributed by atoms with van der Waals surface area (Å²) in [7, 11) is 1.65. The summed E-state index contributed by atoms with van der Waals surface area (Å²) in [5, 5.41) is 3.08. The molecule has 0 spiro atoms. The Bertz CT molecular complexity index is 646. The molecule has 2 heterocycles. The third-order valence-electron chi connectivity index (χ3n) is 4.75. The Labute approximate surface area is 149 Å². The Morgan fingerprint density at radius 2 is 2.00 bits per heavy atom. The molecule has 5 heteroatoms. The molecule has 1 aromatic heterocycles. The molecule has 1 aliphatic rings. The van der Waals surface area contributed by atoms with E-state index in [9.17, 15) is 4.79 Å². The molecule has 134 valence electrons. The average Bonchev–Trinajstić information content (AvgIpc) is 3.35. The van der Waals surface area contributed by atoms with E-state index in [1.807, 2.05) is 36.4 Å². The molecule has 2 aromatic rings. The fourth-order valence-electron chi connectivity index (χ4n) is 3.29. The number of rotatable bonds is 8. The molecule has 1 aliphatic heterocycles. The van der Waals surface area contributed by atoms with Gasteiger partial charge in [0.25, 0.3) is 0 Å². The maximum Gasteiger partial charge on any atom is 0.220 e. The van der Waals surface area contributed by atoms with Crippen molar-refractivity contribution in [3.63, 3.8) is 0 Å². The van der Waals surface area contributed by atoms with E-state index in [2.05, 4.69) is 10.2 Å². The van der Waals surface area contributed by atoms with E-state index in [1.165, 1.54) is 12.8 Å². The highest BCUT2D eigenvalue weighted by molar-refractivity contribution is 5.76. The van der Waals surface area contributed by atoms with Gasteiger partial charge < -0.3 is 14.5 Å². The Hall–Kier alpha value is -2.27. The van der Waals surface area contributed by atoms with E-state index in [-0.39, 0.29) is 11.9 Å². The van der Waals surface area contributed by atoms with E-state index < -0.39 is 0 Å². The van der Waals surface area contributed by atoms with Gasteiger partial charge in [-0.1, -0.05) is 12.1 Å². The summed E-state index contributed by atoms with van der Waals surface area (Å²) in [6, 6.07) is 11.9. The van der Waals surface area contributed by atoms with Gasteiger partial charge in [0.05, 0.1) is 19.4 Å². The zero-order chi connectivity index (χ0) is 17.5. The number of furan rings is 1. The number of nitrogens with zero attached hydrogens (tertiary/aromatic N) is 1. The first-order chi connectivity index (χ1) is 12.3. The number of hydrogen-bond donors (Lipinski definition) is 1. The first kappa shape index (κ1) is 17.5. The molecule has 25 heavy (non-hydrogen) atoms. The average molecular weight is 342 g/mol. The number of hydrogen-bond acceptors (Lipinski definition) is 4. The Morgan fingerprint density at radius 3 is 2.64 bits per heavy atom. The monoisotopic (exact) mass is 342 g/mol. The summed E-state index contributed by atoms with van der Waals surface area (Å²) in [6.45, 7) is 2.72. The molecule has 1 atom stereocenters. The van der Waals surface area contributed by atoms with Crippen LogP contribution in [0, 0.1) is 0 Å². The van der Waals surface area contributed by atoms with Crippen LogP contribution >= 0.6 is 0 Å². The predicted octanol–water partition coefficient (Wildman–Crippen LogP) is 3.17. The number of benzene rings is 1. The summed E-state index contributed by atoms with van der Waals surface area (Å²) in [5.74, 6) is 1.84. The number of aryl methyl sites for hydroxylation is 1. The molecule has 0 aliphatic carbocycles. The van der Waals surface area contributed by atoms with Gasteiger partial charge in [-0.3, -0.25) is 9.69 Å². The second-order valence-corrected chi connectivity index (χ2v) is 6.43. The van der Waals surface area contributed by atoms with Gasteiger partial charge in [0.1, 0.15) is 11.5 Å². The standard InChI is InChI=1S/C20H26N2O3/c1-24-17-9-6-16(7-10-17)8-11-20(23)21-15-18(19-5-4-14-25-19)22-12-2-3-13-22/h4-7,9-10,14,18H,2-3,8,11-13,15H2,1H3,(H,21,23). The zero-order valence-electron chi connectivity index (χ0n) is 14.7. The van der Waals surface area contributed by atoms with Gasteiger partial charge in [0, 0.05) is 13.0 Å². The minimum absolute atomic E-state index is 0.0755. The van der Waals surface area contributed by atoms with E-state index in [0.29, 0.717) is 13.0 Å². The van der Waals surface area contributed by atoms with Crippen LogP contribution in [0.1, 0.15) is 36.6 Å². The van der Waals surface area contributed by atoms with Crippen LogP contribution in [0.4, 0.5) is 0 Å². The SMILES string of the molecule is COc1ccc(CCC(=O)NCC(c2ccco2)N2CCCC2)cc1. The first-order valence-corrected chi connectivity index (χ1v) is 8.93. The van der Waals surface area contributed by atoms with Crippen molar-refractivity contribution in [1.82, 2.24) is 10.2 Å². The van der Waals surface area contributed by atoms with Gasteiger partial charge in [-0.05, 0) is 62.2 Å². The van der Waals surface area contributed by atoms with E-state index in [1.54, 1.807) is 13.4 Å². The van der Waals surface area contributed by atoms with Gasteiger partial charge in [-0.15, -0.1) is 0 Å². The van der Waals surface area contributed by atoms with Crippen LogP contribution in [-0.2, 0) is 11.2 Å². The van der Waals surface area contributed by atoms with Crippen LogP contribution in [0.3, 0.4) is 0 Å². The van der Waals surface area contributed by atoms with Crippen LogP contribution in [0.2, 0.25) is 0 Å². The summed E-state index contributed by atoms with van der Waals surface area (Å²) in [4.78, 5) is 14.6. The van der Waals surface area contributed by atoms with Crippen LogP contribution in [0.25, 0.3) is 0 Å². The maximum absolute atomic E-state index is 12.2. The van der Waals surface area contributed by atoms with E-state index in [0.717, 1.165) is 36.6 Å². The summed E-state index contributed by atoms with van der Waals surface area (Å²) in [5.41, 5.74) is 1.14. The first-order valence-electron chi connectivity index (χ1n) is 8.93. The van der Waals surface area contributed by atoms with Crippen LogP contribution in [-0.4, -0.2) is 37.6 Å². The van der Waals surface area contributed by atoms with Crippen molar-refractivity contribution in [1.29, 1.82) is 0 Å². The largest absolute Gasteiger partial charge is 0.497 e. The molecule has 5 nitrogen and oxygen atoms in total. The van der Waals surface area contributed by atoms with Crippen molar-refractivity contribution in [2.45, 2.75) is 31.7 Å². The minimum atomic E-state index is 0.0755. The molecular formula is C20H26N2O3. The lowest BCUT2D eigenvalue weighted by Gasteiger charge is -2.26. The molecule has 1 amide bonds. The van der Waals surface area contributed by atoms with Crippen molar-refractivity contribution >= 4 is 5.91 Å². The Balaban J connectivity index is 1.49. The van der Waals surface area contributed by atoms with Gasteiger partial charge in [-0.25, -0.2) is 0 Å². The fraction of sp³-hybridized carbons (Fsp3) is 0.450. The van der Waals surface area contributed by atoms with Gasteiger partial charge in [0.2, 0.25) is 5.91 Å². The summed E-state index contributed by atoms with van der Waals surface area (Å²) >= 11 is 0. The zero-order valence-corrected chi connectivity index (χ0v) is 14.7. The van der Waals surface area contributed by atoms with Crippen molar-refractivity contribution in [3.8, 4) is 5.75 Å². The second-order valence-electron chi connectivity index (χ2n) is 6.43. The van der Waals surface area contributed by atoms with Gasteiger partial charge in [-0.2, -0.15) is 0 Å². The fourth-order valence-corrected chi connectivity index (χ4v) is 3.29. The molecule has 1 aromatic carbocycles. The van der Waals surface area contributed by atoms with Gasteiger partial charge >= 0.3 is 0 Å². The third-order valence-corrected chi connectivity index (χ3v) is 4.75. The van der Waals surface area contributed by atoms with Crippen LogP contribution in [0.15, 0.2) is 47.1 Å². The summed E-state index contributed by atoms with van der Waals surface area (Å²) < 4.78 is 10.7. The number of likely N-dealkylation sites (tertiary alicyclic amines) is 1. The number of methoxy groups -OCH3 is 1. The molecule has 0 bridgehead atoms. The molecule has 0 saturated carbocycles. The molecular weight excluding hydrogens is 316 g/mol. The Kier molecular flexibility index (Phi) is 6.12. The molecule has 1 N–H and O–H groups in total. The smallest absolute Gasteiger partial charge is 0.220 e. The van der Waals surface area contributed by atoms with Crippen LogP contribution in [0.5, 0.6) is 5.75 Å². The van der Waals surface area contributed by atoms with Crippen molar-refractivity contribution in [2.75, 3.05) is 26.7 Å². The maximum atomic E-state index is 12.2. The minimum Gasteiger partial charge on any atom is -0.497 e. The highest BCUT2D eigenvalue weighted by atomic mass is 16.5. The highest BCUT2D eigenvalue weighted by Crippen LogP contribution is 2.24. The van der Waals surface area contributed by atoms with E-state index >= 15 is 0 Å². The van der Waals surface area contributed by atoms with Crippen molar-refractivity contribution in [2.24, 2.45) is 0 Å². The number of ether oxygens (including phenoxy) is 1. The number of carbonyl (C=O) groups is 1. The number of nitrogens with one attached hydrogen (secondary N) is 1. The lowest BCUT2D eigenvalue weighted by Crippen LogP contribution is -2.36. The lowest BCUT2D eigenvalue weighted by molar-refractivity contribution is -0.121. The molecule has 1 unspecified atom stereocenters. The van der Waals surface area contributed by atoms with Crippen molar-refractivity contribution < 1.29 is 13.9 Å². The highest BCUT2D eigenvalue weighted by Gasteiger charge is 2.25. The molecule has 1 saturated heterocycles. The molecule has 0 radical (unpaired) electrons. The van der Waals surface area contributed by atoms with Crippen molar-refractivity contribution in [3.05, 3.63) is 54.0 Å². The number of amides is 1. The Morgan fingerprint density at radius 1 is 1.24 bits per heavy atom. The molecule has 3 rings (SSSR count).